The smallest absolute Gasteiger partial charge is 0.287 e. The number of nitrogens with zero attached hydrogens (tertiary/aromatic N) is 2. The van der Waals surface area contributed by atoms with Gasteiger partial charge in [-0.3, -0.25) is 4.79 Å². The number of aliphatic hydroxyl groups is 1. The maximum Gasteiger partial charge on any atom is 0.287 e. The van der Waals surface area contributed by atoms with Crippen LogP contribution in [0.25, 0.3) is 0 Å². The highest BCUT2D eigenvalue weighted by Gasteiger charge is 2.53. The van der Waals surface area contributed by atoms with Gasteiger partial charge in [0.1, 0.15) is 0 Å². The molecule has 0 unspecified atom stereocenters. The number of carbonyl (C=O) groups excluding carboxylic acids is 1. The van der Waals surface area contributed by atoms with Crippen molar-refractivity contribution in [3.63, 3.8) is 0 Å². The Kier molecular flexibility index (Phi) is 4.33. The lowest BCUT2D eigenvalue weighted by Crippen LogP contribution is -2.52. The van der Waals surface area contributed by atoms with Crippen LogP contribution in [0.5, 0.6) is 0 Å². The van der Waals surface area contributed by atoms with Gasteiger partial charge in [-0.05, 0) is 36.5 Å². The average Bonchev–Trinajstić information content (AvgIpc) is 3.26. The molecule has 0 bridgehead atoms. The van der Waals surface area contributed by atoms with Crippen molar-refractivity contribution in [3.05, 3.63) is 33.8 Å². The molecule has 1 N–H and O–H groups in total. The van der Waals surface area contributed by atoms with Gasteiger partial charge in [-0.1, -0.05) is 29.3 Å². The van der Waals surface area contributed by atoms with E-state index in [1.165, 1.54) is 0 Å². The maximum atomic E-state index is 13.3. The number of amides is 1. The second kappa shape index (κ2) is 6.00. The molecule has 4 nitrogen and oxygen atoms in total. The van der Waals surface area contributed by atoms with Gasteiger partial charge in [0.05, 0.1) is 6.42 Å². The van der Waals surface area contributed by atoms with Gasteiger partial charge in [-0.25, -0.2) is 8.78 Å². The van der Waals surface area contributed by atoms with E-state index in [-0.39, 0.29) is 28.8 Å². The molecule has 8 heteroatoms. The quantitative estimate of drug-likeness (QED) is 0.891. The van der Waals surface area contributed by atoms with Gasteiger partial charge >= 0.3 is 0 Å². The first kappa shape index (κ1) is 16.6. The van der Waals surface area contributed by atoms with Gasteiger partial charge in [0.2, 0.25) is 11.6 Å². The van der Waals surface area contributed by atoms with Gasteiger partial charge in [-0.15, -0.1) is 0 Å². The minimum atomic E-state index is -3.12. The summed E-state index contributed by atoms with van der Waals surface area (Å²) in [4.78, 5) is 12.4. The summed E-state index contributed by atoms with van der Waals surface area (Å²) in [6.45, 7) is 0. The second-order valence-electron chi connectivity index (χ2n) is 5.80. The normalized spacial score (nSPS) is 24.3. The molecule has 1 atom stereocenters. The Bertz CT molecular complexity index is 659. The average molecular weight is 363 g/mol. The number of halogens is 4. The summed E-state index contributed by atoms with van der Waals surface area (Å²) >= 11 is 12.0. The number of carbonyl (C=O) groups is 1. The van der Waals surface area contributed by atoms with Crippen molar-refractivity contribution in [1.29, 1.82) is 0 Å². The third kappa shape index (κ3) is 3.07. The number of hydrogen-bond acceptors (Lipinski definition) is 3. The molecule has 0 spiro atoms. The Morgan fingerprint density at radius 1 is 1.39 bits per heavy atom. The maximum absolute atomic E-state index is 13.3. The summed E-state index contributed by atoms with van der Waals surface area (Å²) in [7, 11) is 0. The molecule has 1 aromatic carbocycles. The Morgan fingerprint density at radius 2 is 2.00 bits per heavy atom. The zero-order valence-corrected chi connectivity index (χ0v) is 13.5. The largest absolute Gasteiger partial charge is 0.364 e. The zero-order valence-electron chi connectivity index (χ0n) is 12.0. The monoisotopic (exact) mass is 362 g/mol. The minimum absolute atomic E-state index is 0.0852. The first-order valence-corrected chi connectivity index (χ1v) is 7.92. The molecule has 0 radical (unpaired) electrons. The van der Waals surface area contributed by atoms with Crippen LogP contribution in [0.1, 0.15) is 24.8 Å². The number of rotatable bonds is 4. The Labute approximate surface area is 141 Å². The van der Waals surface area contributed by atoms with Crippen LogP contribution in [-0.4, -0.2) is 33.9 Å². The van der Waals surface area contributed by atoms with Crippen LogP contribution in [0.2, 0.25) is 10.0 Å². The second-order valence-corrected chi connectivity index (χ2v) is 6.62. The first-order valence-electron chi connectivity index (χ1n) is 7.17. The molecule has 1 aliphatic carbocycles. The minimum Gasteiger partial charge on any atom is -0.364 e. The van der Waals surface area contributed by atoms with Crippen molar-refractivity contribution in [2.45, 2.75) is 37.8 Å². The van der Waals surface area contributed by atoms with Crippen LogP contribution >= 0.6 is 23.2 Å². The van der Waals surface area contributed by atoms with Crippen LogP contribution in [-0.2, 0) is 11.2 Å². The number of benzene rings is 1. The van der Waals surface area contributed by atoms with E-state index >= 15 is 0 Å². The molecule has 0 saturated heterocycles. The van der Waals surface area contributed by atoms with Gasteiger partial charge in [-0.2, -0.15) is 10.1 Å². The first-order chi connectivity index (χ1) is 10.8. The standard InChI is InChI=1S/C15H14Cl2F2N2O2/c16-10-2-1-3-11(17)9(10)6-13(22)21-15(23,14(18)19)7-12(20-21)8-4-5-8/h1-3,8,14,23H,4-7H2/t15-/m0/s1. The van der Waals surface area contributed by atoms with Crippen LogP contribution < -0.4 is 0 Å². The van der Waals surface area contributed by atoms with E-state index in [0.717, 1.165) is 12.8 Å². The fourth-order valence-electron chi connectivity index (χ4n) is 2.60. The van der Waals surface area contributed by atoms with E-state index in [1.807, 2.05) is 0 Å². The lowest BCUT2D eigenvalue weighted by molar-refractivity contribution is -0.191. The number of hydrazone groups is 1. The van der Waals surface area contributed by atoms with Crippen LogP contribution in [0.3, 0.4) is 0 Å². The van der Waals surface area contributed by atoms with Gasteiger partial charge in [0, 0.05) is 22.2 Å². The topological polar surface area (TPSA) is 52.9 Å². The van der Waals surface area contributed by atoms with Crippen molar-refractivity contribution < 1.29 is 18.7 Å². The van der Waals surface area contributed by atoms with E-state index in [0.29, 0.717) is 16.3 Å². The lowest BCUT2D eigenvalue weighted by atomic mass is 10.0. The zero-order chi connectivity index (χ0) is 16.8. The van der Waals surface area contributed by atoms with Crippen molar-refractivity contribution in [3.8, 4) is 0 Å². The Hall–Kier alpha value is -1.24. The lowest BCUT2D eigenvalue weighted by Gasteiger charge is -2.30. The highest BCUT2D eigenvalue weighted by atomic mass is 35.5. The third-order valence-corrected chi connectivity index (χ3v) is 4.77. The van der Waals surface area contributed by atoms with Crippen molar-refractivity contribution in [2.24, 2.45) is 11.0 Å². The fourth-order valence-corrected chi connectivity index (χ4v) is 3.13. The predicted molar refractivity (Wildman–Crippen MR) is 82.7 cm³/mol. The van der Waals surface area contributed by atoms with Crippen molar-refractivity contribution in [2.75, 3.05) is 0 Å². The molecule has 2 aliphatic rings. The molecule has 1 aliphatic heterocycles. The van der Waals surface area contributed by atoms with E-state index in [1.54, 1.807) is 18.2 Å². The molecule has 1 heterocycles. The predicted octanol–water partition coefficient (Wildman–Crippen LogP) is 3.49. The summed E-state index contributed by atoms with van der Waals surface area (Å²) in [6, 6.07) is 4.73. The number of alkyl halides is 2. The number of hydrogen-bond donors (Lipinski definition) is 1. The van der Waals surface area contributed by atoms with E-state index in [4.69, 9.17) is 23.2 Å². The molecule has 3 rings (SSSR count). The molecule has 1 saturated carbocycles. The molecule has 1 amide bonds. The highest BCUT2D eigenvalue weighted by Crippen LogP contribution is 2.41. The van der Waals surface area contributed by atoms with Gasteiger partial charge in [0.25, 0.3) is 6.43 Å². The van der Waals surface area contributed by atoms with Gasteiger partial charge in [0.15, 0.2) is 0 Å². The summed E-state index contributed by atoms with van der Waals surface area (Å²) in [6.07, 6.45) is -2.06. The highest BCUT2D eigenvalue weighted by molar-refractivity contribution is 6.36. The van der Waals surface area contributed by atoms with Crippen LogP contribution in [0.4, 0.5) is 8.78 Å². The summed E-state index contributed by atoms with van der Waals surface area (Å²) in [5.74, 6) is -0.680. The summed E-state index contributed by atoms with van der Waals surface area (Å²) < 4.78 is 26.6. The molecule has 1 fully saturated rings. The molecular formula is C15H14Cl2F2N2O2. The molecule has 124 valence electrons. The van der Waals surface area contributed by atoms with Gasteiger partial charge < -0.3 is 5.11 Å². The van der Waals surface area contributed by atoms with Crippen molar-refractivity contribution >= 4 is 34.8 Å². The summed E-state index contributed by atoms with van der Waals surface area (Å²) in [5.41, 5.74) is -1.82. The molecule has 1 aromatic rings. The van der Waals surface area contributed by atoms with Crippen LogP contribution in [0.15, 0.2) is 23.3 Å². The van der Waals surface area contributed by atoms with E-state index in [2.05, 4.69) is 5.10 Å². The van der Waals surface area contributed by atoms with Crippen LogP contribution in [0, 0.1) is 5.92 Å². The SMILES string of the molecule is O=C(Cc1c(Cl)cccc1Cl)N1N=C(C2CC2)C[C@]1(O)C(F)F. The third-order valence-electron chi connectivity index (χ3n) is 4.06. The molecule has 23 heavy (non-hydrogen) atoms. The van der Waals surface area contributed by atoms with E-state index in [9.17, 15) is 18.7 Å². The Balaban J connectivity index is 1.87. The van der Waals surface area contributed by atoms with Crippen molar-refractivity contribution in [1.82, 2.24) is 5.01 Å². The molecule has 0 aromatic heterocycles. The summed E-state index contributed by atoms with van der Waals surface area (Å²) in [5, 5.41) is 15.2. The molecular weight excluding hydrogens is 349 g/mol. The fraction of sp³-hybridized carbons (Fsp3) is 0.467. The Morgan fingerprint density at radius 3 is 2.52 bits per heavy atom. The van der Waals surface area contributed by atoms with E-state index < -0.39 is 18.1 Å².